The molecule has 96 valence electrons. The van der Waals surface area contributed by atoms with Crippen molar-refractivity contribution in [1.29, 1.82) is 5.26 Å². The van der Waals surface area contributed by atoms with Crippen LogP contribution in [-0.2, 0) is 0 Å². The molecule has 0 saturated carbocycles. The lowest BCUT2D eigenvalue weighted by molar-refractivity contribution is 0.394. The van der Waals surface area contributed by atoms with Crippen molar-refractivity contribution in [3.63, 3.8) is 0 Å². The molecule has 3 heterocycles. The van der Waals surface area contributed by atoms with Gasteiger partial charge in [0.1, 0.15) is 6.07 Å². The number of hydrogen-bond donors (Lipinski definition) is 0. The minimum atomic E-state index is 0.406. The highest BCUT2D eigenvalue weighted by Gasteiger charge is 2.22. The van der Waals surface area contributed by atoms with Gasteiger partial charge in [0.15, 0.2) is 11.5 Å². The Morgan fingerprint density at radius 2 is 1.95 bits per heavy atom. The molecular weight excluding hydrogens is 240 g/mol. The van der Waals surface area contributed by atoms with E-state index >= 15 is 0 Å². The second-order valence-corrected chi connectivity index (χ2v) is 4.57. The van der Waals surface area contributed by atoms with Gasteiger partial charge in [-0.2, -0.15) is 5.26 Å². The molecule has 6 nitrogen and oxygen atoms in total. The van der Waals surface area contributed by atoms with Gasteiger partial charge in [0.2, 0.25) is 0 Å². The zero-order valence-corrected chi connectivity index (χ0v) is 10.5. The first kappa shape index (κ1) is 11.7. The monoisotopic (exact) mass is 254 g/mol. The second-order valence-electron chi connectivity index (χ2n) is 4.57. The Hall–Kier alpha value is -2.42. The first-order valence-corrected chi connectivity index (χ1v) is 6.32. The van der Waals surface area contributed by atoms with Gasteiger partial charge in [-0.05, 0) is 12.8 Å². The molecule has 0 aliphatic carbocycles. The van der Waals surface area contributed by atoms with E-state index in [2.05, 4.69) is 30.5 Å². The number of rotatable bonds is 2. The minimum absolute atomic E-state index is 0.406. The van der Waals surface area contributed by atoms with Crippen molar-refractivity contribution >= 4 is 5.82 Å². The first-order valence-electron chi connectivity index (χ1n) is 6.32. The van der Waals surface area contributed by atoms with Crippen LogP contribution in [0.2, 0.25) is 0 Å². The number of piperidine rings is 1. The Kier molecular flexibility index (Phi) is 3.11. The lowest BCUT2D eigenvalue weighted by atomic mass is 10.0. The fourth-order valence-electron chi connectivity index (χ4n) is 2.50. The Morgan fingerprint density at radius 3 is 2.63 bits per heavy atom. The van der Waals surface area contributed by atoms with Gasteiger partial charge in [0.05, 0.1) is 6.33 Å². The summed E-state index contributed by atoms with van der Waals surface area (Å²) in [5, 5.41) is 9.06. The highest BCUT2D eigenvalue weighted by molar-refractivity contribution is 5.49. The van der Waals surface area contributed by atoms with Crippen LogP contribution < -0.4 is 4.90 Å². The molecule has 19 heavy (non-hydrogen) atoms. The van der Waals surface area contributed by atoms with Crippen molar-refractivity contribution in [2.75, 3.05) is 18.0 Å². The van der Waals surface area contributed by atoms with Crippen LogP contribution in [0.5, 0.6) is 0 Å². The molecule has 0 spiro atoms. The predicted molar refractivity (Wildman–Crippen MR) is 69.5 cm³/mol. The van der Waals surface area contributed by atoms with E-state index in [1.807, 2.05) is 18.7 Å². The molecule has 0 N–H and O–H groups in total. The lowest BCUT2D eigenvalue weighted by Gasteiger charge is -2.33. The standard InChI is InChI=1S/C13H14N6/c14-9-12-13(17-4-3-16-12)18-6-1-11(2-7-18)19-8-5-15-10-19/h3-5,8,10-11H,1-2,6-7H2. The summed E-state index contributed by atoms with van der Waals surface area (Å²) >= 11 is 0. The van der Waals surface area contributed by atoms with Gasteiger partial charge in [0, 0.05) is 43.9 Å². The number of nitriles is 1. The van der Waals surface area contributed by atoms with Crippen LogP contribution in [0, 0.1) is 11.3 Å². The van der Waals surface area contributed by atoms with Crippen molar-refractivity contribution in [3.8, 4) is 6.07 Å². The van der Waals surface area contributed by atoms with Gasteiger partial charge in [0.25, 0.3) is 0 Å². The third-order valence-electron chi connectivity index (χ3n) is 3.50. The van der Waals surface area contributed by atoms with Crippen molar-refractivity contribution < 1.29 is 0 Å². The van der Waals surface area contributed by atoms with Gasteiger partial charge in [-0.3, -0.25) is 0 Å². The second kappa shape index (κ2) is 5.06. The van der Waals surface area contributed by atoms with Gasteiger partial charge >= 0.3 is 0 Å². The van der Waals surface area contributed by atoms with E-state index in [1.54, 1.807) is 12.4 Å². The van der Waals surface area contributed by atoms with E-state index in [0.717, 1.165) is 25.9 Å². The normalized spacial score (nSPS) is 16.3. The Balaban J connectivity index is 1.72. The van der Waals surface area contributed by atoms with E-state index in [4.69, 9.17) is 5.26 Å². The van der Waals surface area contributed by atoms with E-state index in [9.17, 15) is 0 Å². The van der Waals surface area contributed by atoms with Gasteiger partial charge in [-0.1, -0.05) is 0 Å². The predicted octanol–water partition coefficient (Wildman–Crippen LogP) is 1.39. The molecule has 0 aromatic carbocycles. The molecule has 2 aromatic rings. The van der Waals surface area contributed by atoms with Gasteiger partial charge in [-0.25, -0.2) is 15.0 Å². The molecule has 3 rings (SSSR count). The number of anilines is 1. The van der Waals surface area contributed by atoms with Gasteiger partial charge in [-0.15, -0.1) is 0 Å². The highest BCUT2D eigenvalue weighted by atomic mass is 15.2. The van der Waals surface area contributed by atoms with Crippen molar-refractivity contribution in [2.45, 2.75) is 18.9 Å². The number of hydrogen-bond acceptors (Lipinski definition) is 5. The zero-order valence-electron chi connectivity index (χ0n) is 10.5. The van der Waals surface area contributed by atoms with Crippen LogP contribution in [0.15, 0.2) is 31.1 Å². The average molecular weight is 254 g/mol. The van der Waals surface area contributed by atoms with Crippen LogP contribution in [0.3, 0.4) is 0 Å². The van der Waals surface area contributed by atoms with Crippen molar-refractivity contribution in [3.05, 3.63) is 36.8 Å². The molecule has 0 unspecified atom stereocenters. The molecular formula is C13H14N6. The topological polar surface area (TPSA) is 70.6 Å². The summed E-state index contributed by atoms with van der Waals surface area (Å²) < 4.78 is 2.15. The van der Waals surface area contributed by atoms with E-state index < -0.39 is 0 Å². The lowest BCUT2D eigenvalue weighted by Crippen LogP contribution is -2.35. The smallest absolute Gasteiger partial charge is 0.183 e. The average Bonchev–Trinajstić information content (AvgIpc) is 3.02. The molecule has 6 heteroatoms. The molecule has 1 aliphatic rings. The Morgan fingerprint density at radius 1 is 1.16 bits per heavy atom. The van der Waals surface area contributed by atoms with E-state index in [1.165, 1.54) is 0 Å². The van der Waals surface area contributed by atoms with Crippen LogP contribution in [-0.4, -0.2) is 32.6 Å². The third kappa shape index (κ3) is 2.27. The van der Waals surface area contributed by atoms with Crippen LogP contribution in [0.1, 0.15) is 24.6 Å². The maximum Gasteiger partial charge on any atom is 0.183 e. The quantitative estimate of drug-likeness (QED) is 0.809. The van der Waals surface area contributed by atoms with E-state index in [-0.39, 0.29) is 0 Å². The summed E-state index contributed by atoms with van der Waals surface area (Å²) in [6, 6.07) is 2.59. The highest BCUT2D eigenvalue weighted by Crippen LogP contribution is 2.26. The molecule has 0 bridgehead atoms. The molecule has 0 radical (unpaired) electrons. The summed E-state index contributed by atoms with van der Waals surface area (Å²) in [4.78, 5) is 14.6. The molecule has 1 saturated heterocycles. The van der Waals surface area contributed by atoms with Crippen LogP contribution in [0.4, 0.5) is 5.82 Å². The van der Waals surface area contributed by atoms with Crippen LogP contribution in [0.25, 0.3) is 0 Å². The summed E-state index contributed by atoms with van der Waals surface area (Å²) in [6.45, 7) is 1.77. The summed E-state index contributed by atoms with van der Waals surface area (Å²) in [6.07, 6.45) is 10.9. The van der Waals surface area contributed by atoms with Crippen molar-refractivity contribution in [1.82, 2.24) is 19.5 Å². The summed E-state index contributed by atoms with van der Waals surface area (Å²) in [5.41, 5.74) is 0.406. The molecule has 1 fully saturated rings. The fourth-order valence-corrected chi connectivity index (χ4v) is 2.50. The number of nitrogens with zero attached hydrogens (tertiary/aromatic N) is 6. The molecule has 0 atom stereocenters. The maximum atomic E-state index is 9.06. The summed E-state index contributed by atoms with van der Waals surface area (Å²) in [7, 11) is 0. The Bertz CT molecular complexity index is 577. The number of aromatic nitrogens is 4. The SMILES string of the molecule is N#Cc1nccnc1N1CCC(n2ccnc2)CC1. The third-order valence-corrected chi connectivity index (χ3v) is 3.50. The largest absolute Gasteiger partial charge is 0.354 e. The first-order chi connectivity index (χ1) is 9.38. The fraction of sp³-hybridized carbons (Fsp3) is 0.385. The number of imidazole rings is 1. The molecule has 0 amide bonds. The zero-order chi connectivity index (χ0) is 13.1. The molecule has 2 aromatic heterocycles. The molecule has 1 aliphatic heterocycles. The minimum Gasteiger partial charge on any atom is -0.354 e. The summed E-state index contributed by atoms with van der Waals surface area (Å²) in [5.74, 6) is 0.703. The van der Waals surface area contributed by atoms with E-state index in [0.29, 0.717) is 17.6 Å². The van der Waals surface area contributed by atoms with Gasteiger partial charge < -0.3 is 9.47 Å². The van der Waals surface area contributed by atoms with Crippen molar-refractivity contribution in [2.24, 2.45) is 0 Å². The maximum absolute atomic E-state index is 9.06. The Labute approximate surface area is 111 Å². The van der Waals surface area contributed by atoms with Crippen LogP contribution >= 0.6 is 0 Å².